The standard InChI is InChI=1S/C42H52FN5O9S/c1-40(2,3)57-39(54)44-32-14-9-7-5-6-8-13-29-21-42(29,38(53)46-58(55,56)41(4)17-18-41)45-35(50)34-30-24-47(22-28(30)23-48(34)37(32)52)36(51)27-12-10-11-25(19-27)26-15-16-33(49)31(43)20-26/h8,10-13,15-16,19-20,28-30,32,34,49H,5-7,9,14,17-18,21-24H2,1-4H3,(H,44,54)(H,45,50)(H,46,53)/b13-8-/t28-,29+,30-,32-,34-,42-/m0/s1. The molecule has 2 aromatic carbocycles. The monoisotopic (exact) mass is 821 g/mol. The molecule has 0 radical (unpaired) electrons. The van der Waals surface area contributed by atoms with Crippen LogP contribution in [0.3, 0.4) is 0 Å². The van der Waals surface area contributed by atoms with Gasteiger partial charge in [-0.25, -0.2) is 17.6 Å². The van der Waals surface area contributed by atoms with Gasteiger partial charge in [0, 0.05) is 43.0 Å². The number of hydrogen-bond donors (Lipinski definition) is 4. The molecule has 3 aliphatic heterocycles. The van der Waals surface area contributed by atoms with Crippen LogP contribution in [0.1, 0.15) is 89.4 Å². The number of carbonyl (C=O) groups excluding carboxylic acids is 5. The van der Waals surface area contributed by atoms with Crippen LogP contribution in [0, 0.1) is 23.6 Å². The number of likely N-dealkylation sites (tertiary alicyclic amines) is 1. The van der Waals surface area contributed by atoms with Gasteiger partial charge in [0.15, 0.2) is 11.6 Å². The van der Waals surface area contributed by atoms with E-state index in [0.717, 1.165) is 12.8 Å². The lowest BCUT2D eigenvalue weighted by atomic mass is 9.93. The lowest BCUT2D eigenvalue weighted by molar-refractivity contribution is -0.142. The van der Waals surface area contributed by atoms with E-state index in [2.05, 4.69) is 15.4 Å². The van der Waals surface area contributed by atoms with Crippen LogP contribution in [0.15, 0.2) is 54.6 Å². The molecule has 4 fully saturated rings. The maximum Gasteiger partial charge on any atom is 0.408 e. The molecule has 14 nitrogen and oxygen atoms in total. The van der Waals surface area contributed by atoms with Crippen molar-refractivity contribution < 1.29 is 46.6 Å². The minimum Gasteiger partial charge on any atom is -0.505 e. The number of benzene rings is 2. The minimum atomic E-state index is -4.04. The van der Waals surface area contributed by atoms with Crippen molar-refractivity contribution in [3.63, 3.8) is 0 Å². The highest BCUT2D eigenvalue weighted by Crippen LogP contribution is 2.48. The third-order valence-electron chi connectivity index (χ3n) is 12.2. The first-order chi connectivity index (χ1) is 27.3. The molecule has 0 unspecified atom stereocenters. The summed E-state index contributed by atoms with van der Waals surface area (Å²) in [6, 6.07) is 8.42. The van der Waals surface area contributed by atoms with Crippen LogP contribution in [0.2, 0.25) is 0 Å². The van der Waals surface area contributed by atoms with Gasteiger partial charge >= 0.3 is 6.09 Å². The quantitative estimate of drug-likeness (QED) is 0.306. The third kappa shape index (κ3) is 8.30. The van der Waals surface area contributed by atoms with Gasteiger partial charge in [0.2, 0.25) is 21.8 Å². The Hall–Kier alpha value is -4.99. The predicted octanol–water partition coefficient (Wildman–Crippen LogP) is 4.38. The fourth-order valence-electron chi connectivity index (χ4n) is 8.49. The van der Waals surface area contributed by atoms with Crippen molar-refractivity contribution in [1.29, 1.82) is 0 Å². The number of ether oxygens (including phenoxy) is 1. The van der Waals surface area contributed by atoms with Crippen molar-refractivity contribution in [2.24, 2.45) is 17.8 Å². The summed E-state index contributed by atoms with van der Waals surface area (Å²) in [5.41, 5.74) is -1.07. The SMILES string of the molecule is CC(C)(C)OC(=O)N[C@H]1CCCCC/C=C\[C@@H]2C[C@]2(C(=O)NS(=O)(=O)C2(C)CC2)NC(=O)[C@@H]2[C@H]3CN(C(=O)c4cccc(-c5ccc(O)c(F)c5)c4)C[C@H]3CN2C1=O. The highest BCUT2D eigenvalue weighted by molar-refractivity contribution is 7.91. The summed E-state index contributed by atoms with van der Waals surface area (Å²) in [5.74, 6) is -5.01. The normalized spacial score (nSPS) is 28.7. The van der Waals surface area contributed by atoms with Crippen LogP contribution in [-0.2, 0) is 29.1 Å². The second kappa shape index (κ2) is 15.3. The summed E-state index contributed by atoms with van der Waals surface area (Å²) in [7, 11) is -4.04. The fourth-order valence-corrected chi connectivity index (χ4v) is 9.80. The summed E-state index contributed by atoms with van der Waals surface area (Å²) in [6.07, 6.45) is 7.04. The van der Waals surface area contributed by atoms with E-state index in [1.165, 1.54) is 17.0 Å². The molecule has 312 valence electrons. The molecule has 58 heavy (non-hydrogen) atoms. The highest BCUT2D eigenvalue weighted by Gasteiger charge is 2.64. The van der Waals surface area contributed by atoms with Crippen molar-refractivity contribution >= 4 is 39.7 Å². The van der Waals surface area contributed by atoms with Gasteiger partial charge in [-0.05, 0) is 102 Å². The van der Waals surface area contributed by atoms with E-state index in [4.69, 9.17) is 4.74 Å². The van der Waals surface area contributed by atoms with Gasteiger partial charge in [0.05, 0.1) is 4.75 Å². The van der Waals surface area contributed by atoms with Gasteiger partial charge in [0.1, 0.15) is 23.2 Å². The van der Waals surface area contributed by atoms with E-state index in [1.54, 1.807) is 62.9 Å². The van der Waals surface area contributed by atoms with Crippen molar-refractivity contribution in [3.8, 4) is 16.9 Å². The van der Waals surface area contributed by atoms with E-state index in [9.17, 15) is 41.9 Å². The van der Waals surface area contributed by atoms with Crippen LogP contribution in [0.25, 0.3) is 11.1 Å². The summed E-state index contributed by atoms with van der Waals surface area (Å²) in [6.45, 7) is 7.08. The van der Waals surface area contributed by atoms with Gasteiger partial charge in [0.25, 0.3) is 11.8 Å². The second-order valence-corrected chi connectivity index (χ2v) is 19.9. The first kappa shape index (κ1) is 41.2. The lowest BCUT2D eigenvalue weighted by Gasteiger charge is -2.33. The fraction of sp³-hybridized carbons (Fsp3) is 0.548. The van der Waals surface area contributed by atoms with Crippen LogP contribution < -0.4 is 15.4 Å². The van der Waals surface area contributed by atoms with E-state index in [-0.39, 0.29) is 37.9 Å². The van der Waals surface area contributed by atoms with Crippen molar-refractivity contribution in [3.05, 3.63) is 66.0 Å². The predicted molar refractivity (Wildman–Crippen MR) is 211 cm³/mol. The van der Waals surface area contributed by atoms with Crippen LogP contribution in [0.5, 0.6) is 5.75 Å². The number of phenols is 1. The van der Waals surface area contributed by atoms with Crippen molar-refractivity contribution in [2.75, 3.05) is 19.6 Å². The lowest BCUT2D eigenvalue weighted by Crippen LogP contribution is -2.60. The summed E-state index contributed by atoms with van der Waals surface area (Å²) < 4.78 is 47.3. The number of amides is 5. The Labute approximate surface area is 338 Å². The smallest absolute Gasteiger partial charge is 0.408 e. The Morgan fingerprint density at radius 2 is 1.74 bits per heavy atom. The zero-order valence-electron chi connectivity index (χ0n) is 33.3. The largest absolute Gasteiger partial charge is 0.505 e. The molecule has 2 saturated heterocycles. The maximum atomic E-state index is 14.7. The molecule has 6 atom stereocenters. The van der Waals surface area contributed by atoms with E-state index in [1.807, 2.05) is 12.2 Å². The zero-order chi connectivity index (χ0) is 41.8. The molecule has 5 aliphatic rings. The Morgan fingerprint density at radius 1 is 1.00 bits per heavy atom. The molecule has 5 amide bonds. The van der Waals surface area contributed by atoms with Crippen LogP contribution >= 0.6 is 0 Å². The summed E-state index contributed by atoms with van der Waals surface area (Å²) in [5, 5.41) is 15.3. The molecule has 3 heterocycles. The van der Waals surface area contributed by atoms with Gasteiger partial charge in [-0.2, -0.15) is 0 Å². The van der Waals surface area contributed by atoms with Gasteiger partial charge in [-0.15, -0.1) is 0 Å². The Kier molecular flexibility index (Phi) is 10.9. The van der Waals surface area contributed by atoms with Crippen molar-refractivity contribution in [1.82, 2.24) is 25.2 Å². The van der Waals surface area contributed by atoms with E-state index < -0.39 is 85.2 Å². The number of aromatic hydroxyl groups is 1. The van der Waals surface area contributed by atoms with Crippen molar-refractivity contribution in [2.45, 2.75) is 107 Å². The van der Waals surface area contributed by atoms with Gasteiger partial charge in [-0.3, -0.25) is 23.9 Å². The van der Waals surface area contributed by atoms with Gasteiger partial charge in [-0.1, -0.05) is 43.2 Å². The number of alkyl carbamates (subject to hydrolysis) is 1. The third-order valence-corrected chi connectivity index (χ3v) is 14.4. The molecule has 0 spiro atoms. The number of phenolic OH excluding ortho intramolecular Hbond substituents is 1. The molecule has 2 saturated carbocycles. The zero-order valence-corrected chi connectivity index (χ0v) is 34.1. The number of rotatable bonds is 6. The summed E-state index contributed by atoms with van der Waals surface area (Å²) in [4.78, 5) is 73.4. The Morgan fingerprint density at radius 3 is 2.45 bits per heavy atom. The average molecular weight is 822 g/mol. The van der Waals surface area contributed by atoms with Crippen LogP contribution in [-0.4, -0.2) is 101 Å². The van der Waals surface area contributed by atoms with E-state index in [0.29, 0.717) is 48.8 Å². The molecule has 0 bridgehead atoms. The van der Waals surface area contributed by atoms with Crippen LogP contribution in [0.4, 0.5) is 9.18 Å². The molecular weight excluding hydrogens is 770 g/mol. The molecule has 7 rings (SSSR count). The summed E-state index contributed by atoms with van der Waals surface area (Å²) >= 11 is 0. The number of nitrogens with one attached hydrogen (secondary N) is 3. The first-order valence-electron chi connectivity index (χ1n) is 20.0. The van der Waals surface area contributed by atoms with Gasteiger partial charge < -0.3 is 30.3 Å². The maximum absolute atomic E-state index is 14.7. The topological polar surface area (TPSA) is 192 Å². The minimum absolute atomic E-state index is 0.0833. The number of halogens is 1. The Bertz CT molecular complexity index is 2150. The molecule has 0 aromatic heterocycles. The number of carbonyl (C=O) groups is 5. The molecule has 16 heteroatoms. The molecule has 2 aromatic rings. The number of allylic oxidation sites excluding steroid dienone is 1. The molecule has 2 aliphatic carbocycles. The first-order valence-corrected chi connectivity index (χ1v) is 21.5. The highest BCUT2D eigenvalue weighted by atomic mass is 32.2. The number of fused-ring (bicyclic) bond motifs is 4. The average Bonchev–Trinajstić information content (AvgIpc) is 3.98. The number of sulfonamides is 1. The van der Waals surface area contributed by atoms with E-state index >= 15 is 0 Å². The molecular formula is C42H52FN5O9S. The molecule has 4 N–H and O–H groups in total. The number of nitrogens with zero attached hydrogens (tertiary/aromatic N) is 2. The number of hydrogen-bond acceptors (Lipinski definition) is 9. The Balaban J connectivity index is 1.18. The second-order valence-electron chi connectivity index (χ2n) is 17.7.